The summed E-state index contributed by atoms with van der Waals surface area (Å²) >= 11 is 0. The van der Waals surface area contributed by atoms with Crippen molar-refractivity contribution in [3.63, 3.8) is 0 Å². The molecule has 3 rings (SSSR count). The van der Waals surface area contributed by atoms with Gasteiger partial charge in [0.15, 0.2) is 11.6 Å². The first-order valence-electron chi connectivity index (χ1n) is 7.68. The molecule has 0 spiro atoms. The van der Waals surface area contributed by atoms with Gasteiger partial charge < -0.3 is 15.2 Å². The Morgan fingerprint density at radius 1 is 1.19 bits per heavy atom. The van der Waals surface area contributed by atoms with Crippen LogP contribution in [0.25, 0.3) is 11.4 Å². The van der Waals surface area contributed by atoms with Gasteiger partial charge in [-0.15, -0.1) is 0 Å². The Labute approximate surface area is 148 Å². The van der Waals surface area contributed by atoms with E-state index in [4.69, 9.17) is 15.2 Å². The van der Waals surface area contributed by atoms with Crippen LogP contribution < -0.4 is 15.2 Å². The van der Waals surface area contributed by atoms with Gasteiger partial charge in [0.05, 0.1) is 25.2 Å². The second-order valence-corrected chi connectivity index (χ2v) is 5.44. The highest BCUT2D eigenvalue weighted by atomic mass is 16.6. The zero-order valence-electron chi connectivity index (χ0n) is 14.2. The topological polar surface area (TPSA) is 129 Å². The summed E-state index contributed by atoms with van der Waals surface area (Å²) in [5.74, 6) is 1.60. The minimum atomic E-state index is -0.542. The molecule has 1 aromatic heterocycles. The fraction of sp³-hybridized carbons (Fsp3) is 0.176. The average Bonchev–Trinajstić information content (AvgIpc) is 3.17. The van der Waals surface area contributed by atoms with E-state index in [1.807, 2.05) is 24.3 Å². The van der Waals surface area contributed by atoms with Crippen LogP contribution in [0, 0.1) is 10.1 Å². The molecule has 0 aliphatic carbocycles. The average molecular weight is 355 g/mol. The molecule has 0 aliphatic heterocycles. The van der Waals surface area contributed by atoms with Gasteiger partial charge in [-0.25, -0.2) is 4.98 Å². The third-order valence-electron chi connectivity index (χ3n) is 3.88. The van der Waals surface area contributed by atoms with E-state index in [9.17, 15) is 10.1 Å². The van der Waals surface area contributed by atoms with E-state index in [0.29, 0.717) is 23.0 Å². The summed E-state index contributed by atoms with van der Waals surface area (Å²) in [5, 5.41) is 18.1. The Hall–Kier alpha value is -3.46. The molecule has 134 valence electrons. The second kappa shape index (κ2) is 7.19. The van der Waals surface area contributed by atoms with E-state index in [1.165, 1.54) is 19.2 Å². The van der Waals surface area contributed by atoms with Crippen LogP contribution in [-0.4, -0.2) is 34.3 Å². The van der Waals surface area contributed by atoms with Gasteiger partial charge in [0.25, 0.3) is 0 Å². The molecule has 0 saturated carbocycles. The Kier molecular flexibility index (Phi) is 4.81. The third-order valence-corrected chi connectivity index (χ3v) is 3.88. The number of nitrogens with one attached hydrogen (secondary N) is 1. The van der Waals surface area contributed by atoms with Gasteiger partial charge >= 0.3 is 5.69 Å². The van der Waals surface area contributed by atoms with E-state index in [2.05, 4.69) is 15.2 Å². The number of H-pyrrole nitrogens is 1. The van der Waals surface area contributed by atoms with Gasteiger partial charge in [-0.3, -0.25) is 15.2 Å². The molecule has 0 unspecified atom stereocenters. The van der Waals surface area contributed by atoms with Crippen LogP contribution in [0.15, 0.2) is 42.5 Å². The first-order valence-corrected chi connectivity index (χ1v) is 7.68. The number of aromatic nitrogens is 3. The van der Waals surface area contributed by atoms with Crippen LogP contribution in [-0.2, 0) is 0 Å². The van der Waals surface area contributed by atoms with Gasteiger partial charge in [0.2, 0.25) is 0 Å². The molecule has 1 atom stereocenters. The number of methoxy groups -OCH3 is 2. The Bertz CT molecular complexity index is 940. The van der Waals surface area contributed by atoms with Crippen LogP contribution >= 0.6 is 0 Å². The van der Waals surface area contributed by atoms with Crippen LogP contribution in [0.3, 0.4) is 0 Å². The molecule has 0 aliphatic rings. The lowest BCUT2D eigenvalue weighted by Crippen LogP contribution is -2.13. The van der Waals surface area contributed by atoms with Crippen molar-refractivity contribution in [3.8, 4) is 22.9 Å². The molecule has 26 heavy (non-hydrogen) atoms. The summed E-state index contributed by atoms with van der Waals surface area (Å²) in [4.78, 5) is 15.0. The molecule has 0 bridgehead atoms. The number of nitrogens with two attached hydrogens (primary N) is 1. The Morgan fingerprint density at radius 3 is 2.69 bits per heavy atom. The van der Waals surface area contributed by atoms with E-state index >= 15 is 0 Å². The number of aromatic amines is 1. The maximum Gasteiger partial charge on any atom is 0.311 e. The van der Waals surface area contributed by atoms with Gasteiger partial charge in [-0.2, -0.15) is 5.10 Å². The first kappa shape index (κ1) is 17.4. The normalized spacial score (nSPS) is 11.8. The van der Waals surface area contributed by atoms with Crippen LogP contribution in [0.4, 0.5) is 5.69 Å². The zero-order valence-corrected chi connectivity index (χ0v) is 14.2. The maximum absolute atomic E-state index is 11.2. The van der Waals surface area contributed by atoms with E-state index in [-0.39, 0.29) is 11.4 Å². The lowest BCUT2D eigenvalue weighted by Gasteiger charge is -2.09. The molecular weight excluding hydrogens is 338 g/mol. The van der Waals surface area contributed by atoms with E-state index < -0.39 is 11.0 Å². The van der Waals surface area contributed by atoms with Crippen molar-refractivity contribution in [3.05, 3.63) is 64.0 Å². The number of nitrogens with zero attached hydrogens (tertiary/aromatic N) is 3. The minimum absolute atomic E-state index is 0.159. The highest BCUT2D eigenvalue weighted by Crippen LogP contribution is 2.31. The second-order valence-electron chi connectivity index (χ2n) is 5.44. The summed E-state index contributed by atoms with van der Waals surface area (Å²) in [6, 6.07) is 11.3. The maximum atomic E-state index is 11.2. The Balaban J connectivity index is 1.92. The van der Waals surface area contributed by atoms with Crippen molar-refractivity contribution in [2.24, 2.45) is 5.73 Å². The van der Waals surface area contributed by atoms with Crippen LogP contribution in [0.5, 0.6) is 11.5 Å². The minimum Gasteiger partial charge on any atom is -0.497 e. The van der Waals surface area contributed by atoms with Gasteiger partial charge in [0, 0.05) is 11.6 Å². The SMILES string of the molecule is COc1cccc([C@@H](N)c2nc(-c3ccc(OC)c([N+](=O)[O-])c3)n[nH]2)c1. The number of rotatable bonds is 6. The van der Waals surface area contributed by atoms with Crippen molar-refractivity contribution in [2.75, 3.05) is 14.2 Å². The molecular formula is C17H17N5O4. The summed E-state index contributed by atoms with van der Waals surface area (Å²) < 4.78 is 10.2. The van der Waals surface area contributed by atoms with Gasteiger partial charge in [-0.05, 0) is 29.8 Å². The van der Waals surface area contributed by atoms with Crippen LogP contribution in [0.2, 0.25) is 0 Å². The van der Waals surface area contributed by atoms with Crippen molar-refractivity contribution in [2.45, 2.75) is 6.04 Å². The van der Waals surface area contributed by atoms with E-state index in [1.54, 1.807) is 13.2 Å². The number of nitro groups is 1. The lowest BCUT2D eigenvalue weighted by molar-refractivity contribution is -0.385. The predicted molar refractivity (Wildman–Crippen MR) is 94.0 cm³/mol. The fourth-order valence-corrected chi connectivity index (χ4v) is 2.51. The predicted octanol–water partition coefficient (Wildman–Crippen LogP) is 2.45. The molecule has 3 N–H and O–H groups in total. The molecule has 9 heteroatoms. The number of hydrogen-bond acceptors (Lipinski definition) is 7. The lowest BCUT2D eigenvalue weighted by atomic mass is 10.1. The summed E-state index contributed by atoms with van der Waals surface area (Å²) in [5.41, 5.74) is 7.36. The first-order chi connectivity index (χ1) is 12.5. The van der Waals surface area contributed by atoms with Crippen molar-refractivity contribution in [1.82, 2.24) is 15.2 Å². The highest BCUT2D eigenvalue weighted by molar-refractivity contribution is 5.63. The molecule has 2 aromatic carbocycles. The summed E-state index contributed by atoms with van der Waals surface area (Å²) in [7, 11) is 2.95. The van der Waals surface area contributed by atoms with Gasteiger partial charge in [-0.1, -0.05) is 12.1 Å². The number of ether oxygens (including phenoxy) is 2. The van der Waals surface area contributed by atoms with E-state index in [0.717, 1.165) is 5.56 Å². The molecule has 0 amide bonds. The van der Waals surface area contributed by atoms with Gasteiger partial charge in [0.1, 0.15) is 11.6 Å². The number of nitro benzene ring substituents is 1. The highest BCUT2D eigenvalue weighted by Gasteiger charge is 2.19. The quantitative estimate of drug-likeness (QED) is 0.513. The zero-order chi connectivity index (χ0) is 18.7. The standard InChI is InChI=1S/C17H17N5O4/c1-25-12-5-3-4-10(8-12)15(18)17-19-16(20-21-17)11-6-7-14(26-2)13(9-11)22(23)24/h3-9,15H,18H2,1-2H3,(H,19,20,21)/t15-/m1/s1. The largest absolute Gasteiger partial charge is 0.497 e. The number of hydrogen-bond donors (Lipinski definition) is 2. The van der Waals surface area contributed by atoms with Crippen LogP contribution in [0.1, 0.15) is 17.4 Å². The van der Waals surface area contributed by atoms with Crippen molar-refractivity contribution < 1.29 is 14.4 Å². The third kappa shape index (κ3) is 3.33. The number of benzene rings is 2. The van der Waals surface area contributed by atoms with Crippen molar-refractivity contribution in [1.29, 1.82) is 0 Å². The summed E-state index contributed by atoms with van der Waals surface area (Å²) in [6.45, 7) is 0. The fourth-order valence-electron chi connectivity index (χ4n) is 2.51. The smallest absolute Gasteiger partial charge is 0.311 e. The van der Waals surface area contributed by atoms with Crippen molar-refractivity contribution >= 4 is 5.69 Å². The molecule has 3 aromatic rings. The molecule has 9 nitrogen and oxygen atoms in total. The molecule has 0 fully saturated rings. The summed E-state index contributed by atoms with van der Waals surface area (Å²) in [6.07, 6.45) is 0. The molecule has 1 heterocycles. The Morgan fingerprint density at radius 2 is 2.00 bits per heavy atom. The molecule has 0 saturated heterocycles. The molecule has 0 radical (unpaired) electrons. The monoisotopic (exact) mass is 355 g/mol.